The lowest BCUT2D eigenvalue weighted by atomic mass is 9.98. The van der Waals surface area contributed by atoms with Gasteiger partial charge in [0.05, 0.1) is 169 Å². The molecule has 0 radical (unpaired) electrons. The molecule has 51 nitrogen and oxygen atoms in total. The predicted molar refractivity (Wildman–Crippen MR) is 348 cm³/mol. The van der Waals surface area contributed by atoms with Gasteiger partial charge in [-0.25, -0.2) is 23.4 Å². The molecule has 0 aromatic carbocycles. The molecule has 6 aliphatic heterocycles. The van der Waals surface area contributed by atoms with Gasteiger partial charge in [-0.1, -0.05) is 26.1 Å². The van der Waals surface area contributed by atoms with E-state index in [-0.39, 0.29) is 134 Å². The van der Waals surface area contributed by atoms with Crippen LogP contribution in [0.4, 0.5) is 0 Å². The van der Waals surface area contributed by atoms with Crippen molar-refractivity contribution in [3.63, 3.8) is 0 Å². The largest absolute Gasteiger partial charge is 0.394 e. The van der Waals surface area contributed by atoms with Gasteiger partial charge in [-0.15, -0.1) is 25.5 Å². The summed E-state index contributed by atoms with van der Waals surface area (Å²) >= 11 is 0. The number of ether oxygens (including phenoxy) is 16. The van der Waals surface area contributed by atoms with Gasteiger partial charge in [-0.2, -0.15) is 0 Å². The third kappa shape index (κ3) is 21.9. The van der Waals surface area contributed by atoms with Crippen molar-refractivity contribution >= 4 is 0 Å². The summed E-state index contributed by atoms with van der Waals surface area (Å²) < 4.78 is 103. The van der Waals surface area contributed by atoms with Crippen molar-refractivity contribution in [3.05, 3.63) is 59.5 Å². The first-order valence-electron chi connectivity index (χ1n) is 35.7. The van der Waals surface area contributed by atoms with E-state index in [4.69, 9.17) is 75.8 Å². The molecule has 11 rings (SSSR count). The molecule has 0 saturated carbocycles. The van der Waals surface area contributed by atoms with Crippen LogP contribution >= 0.6 is 0 Å². The Kier molecular flexibility index (Phi) is 32.2. The number of aromatic nitrogens is 15. The molecular formula is C61H97N15O36. The van der Waals surface area contributed by atoms with E-state index >= 15 is 0 Å². The molecule has 0 unspecified atom stereocenters. The molecule has 11 heterocycles. The molecule has 0 bridgehead atoms. The summed E-state index contributed by atoms with van der Waals surface area (Å²) in [5, 5.41) is 247. The molecule has 51 heteroatoms. The molecule has 0 aliphatic carbocycles. The number of aliphatic hydroxyl groups is 20. The Hall–Kier alpha value is -5.74. The van der Waals surface area contributed by atoms with E-state index in [2.05, 4.69) is 51.6 Å². The first-order valence-corrected chi connectivity index (χ1v) is 35.7. The lowest BCUT2D eigenvalue weighted by molar-refractivity contribution is -0.331. The quantitative estimate of drug-likeness (QED) is 0.0173. The van der Waals surface area contributed by atoms with Crippen molar-refractivity contribution < 1.29 is 178 Å². The Morgan fingerprint density at radius 1 is 0.250 bits per heavy atom. The molecule has 20 N–H and O–H groups in total. The lowest BCUT2D eigenvalue weighted by Crippen LogP contribution is -2.61. The summed E-state index contributed by atoms with van der Waals surface area (Å²) in [6.07, 6.45) is -37.8. The van der Waals surface area contributed by atoms with E-state index < -0.39 is 217 Å². The molecule has 6 aliphatic rings. The minimum Gasteiger partial charge on any atom is -0.394 e. The van der Waals surface area contributed by atoms with Gasteiger partial charge in [0.25, 0.3) is 0 Å². The van der Waals surface area contributed by atoms with E-state index in [1.54, 1.807) is 0 Å². The van der Waals surface area contributed by atoms with Gasteiger partial charge in [-0.05, 0) is 0 Å². The average Bonchev–Trinajstić information content (AvgIpc) is 1.11. The standard InChI is InChI=1S/C61H97N15O36/c77-16-32-38(82)43(87)48(92)56(107-32)98-6-1-72-11-27(62-67-72)21-97-26-37-53(103-22-28-12-73(68-63-28)2-7-99-57-49(93)44(88)39(83)33(17-78)108-57)54(104-23-29-13-74(69-64-29)3-8-100-58-50(94)45(89)40(84)34(18-79)109-58)55(105-24-30-14-75(70-65-30)4-9-101-59-51(95)46(90)41(85)35(19-80)110-59)61(112-37)106-25-31-15-76(71-66-31)5-10-102-60-52(96)47(91)42(86)36(20-81)111-60/h11-15,32-61,77-96H,1-10,16-26H2/t32-,33-,34-,35-,36-,37-,38-,39-,40-,41-,42-,43+,44+,45+,46+,47+,48+,49+,50+,51+,52+,53-,54+,55-,56+,57+,58+,59+,60+,61-/m1/s1. The second-order valence-corrected chi connectivity index (χ2v) is 26.9. The summed E-state index contributed by atoms with van der Waals surface area (Å²) in [6, 6.07) is 0. The Morgan fingerprint density at radius 2 is 0.482 bits per heavy atom. The molecule has 5 aromatic rings. The van der Waals surface area contributed by atoms with E-state index in [0.29, 0.717) is 0 Å². The van der Waals surface area contributed by atoms with Crippen molar-refractivity contribution in [1.29, 1.82) is 0 Å². The van der Waals surface area contributed by atoms with Gasteiger partial charge in [0.15, 0.2) is 37.7 Å². The lowest BCUT2D eigenvalue weighted by Gasteiger charge is -2.45. The number of rotatable bonds is 41. The Bertz CT molecular complexity index is 3550. The van der Waals surface area contributed by atoms with E-state index in [9.17, 15) is 102 Å². The van der Waals surface area contributed by atoms with Crippen molar-refractivity contribution in [3.8, 4) is 0 Å². The van der Waals surface area contributed by atoms with Crippen LogP contribution in [0.1, 0.15) is 28.5 Å². The van der Waals surface area contributed by atoms with Crippen LogP contribution in [0, 0.1) is 0 Å². The molecular weight excluding hydrogens is 1520 g/mol. The highest BCUT2D eigenvalue weighted by molar-refractivity contribution is 5.01. The number of aliphatic hydroxyl groups excluding tert-OH is 20. The first kappa shape index (κ1) is 87.1. The third-order valence-electron chi connectivity index (χ3n) is 19.0. The summed E-state index contributed by atoms with van der Waals surface area (Å²) in [7, 11) is 0. The van der Waals surface area contributed by atoms with Crippen LogP contribution in [0.15, 0.2) is 31.0 Å². The second-order valence-electron chi connectivity index (χ2n) is 26.9. The maximum atomic E-state index is 10.6. The van der Waals surface area contributed by atoms with Crippen LogP contribution in [0.2, 0.25) is 0 Å². The second kappa shape index (κ2) is 41.4. The van der Waals surface area contributed by atoms with Crippen molar-refractivity contribution in [1.82, 2.24) is 75.0 Å². The summed E-state index contributed by atoms with van der Waals surface area (Å²) in [5.74, 6) is 0. The van der Waals surface area contributed by atoms with Gasteiger partial charge in [0.2, 0.25) is 0 Å². The van der Waals surface area contributed by atoms with Crippen molar-refractivity contribution in [2.24, 2.45) is 0 Å². The average molecular weight is 1620 g/mol. The number of nitrogens with zero attached hydrogens (tertiary/aromatic N) is 15. The Morgan fingerprint density at radius 3 is 0.750 bits per heavy atom. The maximum absolute atomic E-state index is 10.6. The van der Waals surface area contributed by atoms with Gasteiger partial charge in [-0.3, -0.25) is 0 Å². The number of hydrogen-bond donors (Lipinski definition) is 20. The normalized spacial score (nSPS) is 36.8. The SMILES string of the molecule is OC[C@H]1O[C@H](OCCn2cc(COC[C@H]3O[C@@H](OCc4cn(CCO[C@H]5O[C@H](CO)[C@@H](O)[C@H](O)[C@@H]5O)nn4)[C@H](OCc4cn(CCO[C@H]5O[C@H](CO)[C@@H](O)[C@H](O)[C@@H]5O)nn4)[C@@H](OCc4cn(CCO[C@H]5O[C@H](CO)[C@@H](O)[C@H](O)[C@@H]5O)nn4)[C@@H]3OCc3cn(CCO[C@H]4O[C@H](CO)[C@@H](O)[C@H](O)[C@@H]4O)nn3)nn2)[C@@H](O)[C@@H](O)[C@@H]1O. The van der Waals surface area contributed by atoms with Crippen molar-refractivity contribution in [2.75, 3.05) is 72.7 Å². The summed E-state index contributed by atoms with van der Waals surface area (Å²) in [4.78, 5) is 0. The Labute approximate surface area is 633 Å². The van der Waals surface area contributed by atoms with Crippen LogP contribution in [0.25, 0.3) is 0 Å². The van der Waals surface area contributed by atoms with Gasteiger partial charge in [0.1, 0.15) is 175 Å². The highest BCUT2D eigenvalue weighted by Gasteiger charge is 2.52. The fourth-order valence-electron chi connectivity index (χ4n) is 12.6. The van der Waals surface area contributed by atoms with Crippen LogP contribution in [-0.4, -0.2) is 434 Å². The third-order valence-corrected chi connectivity index (χ3v) is 19.0. The topological polar surface area (TPSA) is 706 Å². The van der Waals surface area contributed by atoms with Crippen LogP contribution in [0.5, 0.6) is 0 Å². The van der Waals surface area contributed by atoms with Crippen LogP contribution in [-0.2, 0) is 142 Å². The van der Waals surface area contributed by atoms with Crippen molar-refractivity contribution in [2.45, 2.75) is 250 Å². The minimum atomic E-state index is -1.71. The predicted octanol–water partition coefficient (Wildman–Crippen LogP) is -15.1. The van der Waals surface area contributed by atoms with Gasteiger partial charge < -0.3 is 178 Å². The molecule has 632 valence electrons. The fraction of sp³-hybridized carbons (Fsp3) is 0.836. The zero-order valence-electron chi connectivity index (χ0n) is 59.7. The monoisotopic (exact) mass is 1620 g/mol. The molecule has 0 spiro atoms. The fourth-order valence-corrected chi connectivity index (χ4v) is 12.6. The summed E-state index contributed by atoms with van der Waals surface area (Å²) in [5.41, 5.74) is 1.06. The summed E-state index contributed by atoms with van der Waals surface area (Å²) in [6.45, 7) is -6.58. The zero-order chi connectivity index (χ0) is 79.9. The molecule has 5 aromatic heterocycles. The highest BCUT2D eigenvalue weighted by Crippen LogP contribution is 2.34. The first-order chi connectivity index (χ1) is 54.0. The smallest absolute Gasteiger partial charge is 0.187 e. The highest BCUT2D eigenvalue weighted by atomic mass is 16.8. The van der Waals surface area contributed by atoms with Gasteiger partial charge in [0, 0.05) is 0 Å². The molecule has 0 amide bonds. The van der Waals surface area contributed by atoms with E-state index in [1.807, 2.05) is 0 Å². The maximum Gasteiger partial charge on any atom is 0.187 e. The van der Waals surface area contributed by atoms with Crippen LogP contribution < -0.4 is 0 Å². The van der Waals surface area contributed by atoms with Gasteiger partial charge >= 0.3 is 0 Å². The van der Waals surface area contributed by atoms with Crippen LogP contribution in [0.3, 0.4) is 0 Å². The minimum absolute atomic E-state index is 0.0165. The zero-order valence-corrected chi connectivity index (χ0v) is 59.7. The molecule has 112 heavy (non-hydrogen) atoms. The molecule has 30 atom stereocenters. The molecule has 6 fully saturated rings. The molecule has 6 saturated heterocycles. The number of hydrogen-bond acceptors (Lipinski definition) is 46. The Balaban J connectivity index is 0.853. The van der Waals surface area contributed by atoms with E-state index in [1.165, 1.54) is 54.4 Å². The van der Waals surface area contributed by atoms with E-state index in [0.717, 1.165) is 0 Å².